The van der Waals surface area contributed by atoms with Gasteiger partial charge in [-0.15, -0.1) is 0 Å². The van der Waals surface area contributed by atoms with Crippen molar-refractivity contribution in [2.75, 3.05) is 18.0 Å². The minimum atomic E-state index is -0.221. The largest absolute Gasteiger partial charge is 0.391 e. The molecule has 0 spiro atoms. The van der Waals surface area contributed by atoms with E-state index >= 15 is 0 Å². The minimum absolute atomic E-state index is 0.221. The molecule has 0 radical (unpaired) electrons. The van der Waals surface area contributed by atoms with Gasteiger partial charge in [-0.1, -0.05) is 17.7 Å². The molecule has 0 aliphatic carbocycles. The van der Waals surface area contributed by atoms with E-state index in [1.807, 2.05) is 17.0 Å². The molecule has 2 rings (SSSR count). The van der Waals surface area contributed by atoms with Crippen molar-refractivity contribution in [3.05, 3.63) is 23.4 Å². The maximum Gasteiger partial charge on any atom is 0.131 e. The number of aliphatic hydroxyl groups is 1. The quantitative estimate of drug-likeness (QED) is 0.692. The Balaban J connectivity index is 2.16. The molecule has 0 amide bonds. The van der Waals surface area contributed by atoms with E-state index < -0.39 is 0 Å². The Hall–Kier alpha value is -0.800. The van der Waals surface area contributed by atoms with Crippen molar-refractivity contribution < 1.29 is 5.11 Å². The summed E-state index contributed by atoms with van der Waals surface area (Å²) in [5, 5.41) is 9.83. The van der Waals surface area contributed by atoms with Crippen LogP contribution in [0, 0.1) is 0 Å². The van der Waals surface area contributed by atoms with Gasteiger partial charge >= 0.3 is 0 Å². The zero-order valence-electron chi connectivity index (χ0n) is 7.15. The first-order chi connectivity index (χ1) is 6.25. The molecular formula is C9H11ClN2O. The van der Waals surface area contributed by atoms with Crippen LogP contribution in [0.5, 0.6) is 0 Å². The molecule has 0 saturated carbocycles. The summed E-state index contributed by atoms with van der Waals surface area (Å²) in [5.41, 5.74) is 0. The molecule has 1 unspecified atom stereocenters. The van der Waals surface area contributed by atoms with Crippen LogP contribution < -0.4 is 4.90 Å². The number of pyridine rings is 1. The number of rotatable bonds is 1. The Kier molecular flexibility index (Phi) is 2.38. The fourth-order valence-corrected chi connectivity index (χ4v) is 1.68. The molecule has 13 heavy (non-hydrogen) atoms. The highest BCUT2D eigenvalue weighted by molar-refractivity contribution is 6.29. The van der Waals surface area contributed by atoms with Gasteiger partial charge in [0.1, 0.15) is 11.0 Å². The van der Waals surface area contributed by atoms with E-state index in [0.717, 1.165) is 18.8 Å². The number of hydrogen-bond acceptors (Lipinski definition) is 3. The van der Waals surface area contributed by atoms with Crippen LogP contribution in [-0.2, 0) is 0 Å². The van der Waals surface area contributed by atoms with Crippen LogP contribution in [0.3, 0.4) is 0 Å². The topological polar surface area (TPSA) is 36.4 Å². The predicted molar refractivity (Wildman–Crippen MR) is 52.1 cm³/mol. The Bertz CT molecular complexity index is 305. The Morgan fingerprint density at radius 3 is 3.00 bits per heavy atom. The lowest BCUT2D eigenvalue weighted by molar-refractivity contribution is 0.198. The summed E-state index contributed by atoms with van der Waals surface area (Å²) < 4.78 is 0. The lowest BCUT2D eigenvalue weighted by Crippen LogP contribution is -2.22. The van der Waals surface area contributed by atoms with E-state index in [0.29, 0.717) is 11.7 Å². The third kappa shape index (κ3) is 1.92. The van der Waals surface area contributed by atoms with E-state index in [-0.39, 0.29) is 6.10 Å². The molecule has 2 heterocycles. The van der Waals surface area contributed by atoms with Crippen LogP contribution in [-0.4, -0.2) is 29.3 Å². The average molecular weight is 199 g/mol. The first-order valence-electron chi connectivity index (χ1n) is 4.31. The van der Waals surface area contributed by atoms with Crippen molar-refractivity contribution in [2.24, 2.45) is 0 Å². The molecule has 1 aliphatic rings. The van der Waals surface area contributed by atoms with Crippen LogP contribution in [0.1, 0.15) is 6.42 Å². The molecule has 0 aromatic carbocycles. The molecular weight excluding hydrogens is 188 g/mol. The fourth-order valence-electron chi connectivity index (χ4n) is 1.52. The van der Waals surface area contributed by atoms with E-state index in [1.54, 1.807) is 6.07 Å². The van der Waals surface area contributed by atoms with Crippen molar-refractivity contribution in [1.82, 2.24) is 4.98 Å². The van der Waals surface area contributed by atoms with Crippen LogP contribution in [0.15, 0.2) is 18.2 Å². The number of β-amino-alcohol motifs (C(OH)–C–C–N with tert-alkyl or cyclic N) is 1. The van der Waals surface area contributed by atoms with Crippen molar-refractivity contribution >= 4 is 17.4 Å². The van der Waals surface area contributed by atoms with Gasteiger partial charge in [0.25, 0.3) is 0 Å². The molecule has 1 saturated heterocycles. The summed E-state index contributed by atoms with van der Waals surface area (Å²) in [4.78, 5) is 6.21. The predicted octanol–water partition coefficient (Wildman–Crippen LogP) is 1.31. The van der Waals surface area contributed by atoms with Gasteiger partial charge in [0.05, 0.1) is 6.10 Å². The summed E-state index contributed by atoms with van der Waals surface area (Å²) in [7, 11) is 0. The molecule has 4 heteroatoms. The van der Waals surface area contributed by atoms with Gasteiger partial charge < -0.3 is 10.0 Å². The third-order valence-electron chi connectivity index (χ3n) is 2.19. The highest BCUT2D eigenvalue weighted by atomic mass is 35.5. The second-order valence-corrected chi connectivity index (χ2v) is 3.59. The lowest BCUT2D eigenvalue weighted by Gasteiger charge is -2.15. The number of aromatic nitrogens is 1. The molecule has 1 atom stereocenters. The Morgan fingerprint density at radius 2 is 2.38 bits per heavy atom. The van der Waals surface area contributed by atoms with Gasteiger partial charge in [0.2, 0.25) is 0 Å². The second-order valence-electron chi connectivity index (χ2n) is 3.21. The van der Waals surface area contributed by atoms with Gasteiger partial charge in [0.15, 0.2) is 0 Å². The maximum absolute atomic E-state index is 9.33. The minimum Gasteiger partial charge on any atom is -0.391 e. The molecule has 0 bridgehead atoms. The first kappa shape index (κ1) is 8.78. The van der Waals surface area contributed by atoms with Crippen LogP contribution in [0.25, 0.3) is 0 Å². The maximum atomic E-state index is 9.33. The number of hydrogen-bond donors (Lipinski definition) is 1. The third-order valence-corrected chi connectivity index (χ3v) is 2.40. The zero-order chi connectivity index (χ0) is 9.26. The zero-order valence-corrected chi connectivity index (χ0v) is 7.91. The number of anilines is 1. The van der Waals surface area contributed by atoms with Gasteiger partial charge in [-0.3, -0.25) is 0 Å². The Morgan fingerprint density at radius 1 is 1.54 bits per heavy atom. The SMILES string of the molecule is OC1CCN(c2cccc(Cl)n2)C1. The summed E-state index contributed by atoms with van der Waals surface area (Å²) in [6, 6.07) is 5.52. The van der Waals surface area contributed by atoms with Gasteiger partial charge in [-0.25, -0.2) is 4.98 Å². The number of nitrogens with zero attached hydrogens (tertiary/aromatic N) is 2. The smallest absolute Gasteiger partial charge is 0.131 e. The Labute approximate surface area is 82.0 Å². The van der Waals surface area contributed by atoms with Crippen molar-refractivity contribution in [1.29, 1.82) is 0 Å². The normalized spacial score (nSPS) is 22.3. The monoisotopic (exact) mass is 198 g/mol. The molecule has 1 N–H and O–H groups in total. The molecule has 1 aromatic heterocycles. The molecule has 1 aliphatic heterocycles. The standard InChI is InChI=1S/C9H11ClN2O/c10-8-2-1-3-9(11-8)12-5-4-7(13)6-12/h1-3,7,13H,4-6H2. The molecule has 70 valence electrons. The van der Waals surface area contributed by atoms with Gasteiger partial charge in [0, 0.05) is 13.1 Å². The van der Waals surface area contributed by atoms with Crippen LogP contribution >= 0.6 is 11.6 Å². The fraction of sp³-hybridized carbons (Fsp3) is 0.444. The van der Waals surface area contributed by atoms with E-state index in [9.17, 15) is 5.11 Å². The summed E-state index contributed by atoms with van der Waals surface area (Å²) >= 11 is 5.76. The average Bonchev–Trinajstić information content (AvgIpc) is 2.52. The van der Waals surface area contributed by atoms with Gasteiger partial charge in [-0.05, 0) is 18.6 Å². The number of aliphatic hydroxyl groups excluding tert-OH is 1. The highest BCUT2D eigenvalue weighted by Gasteiger charge is 2.20. The number of halogens is 1. The lowest BCUT2D eigenvalue weighted by atomic mass is 10.3. The van der Waals surface area contributed by atoms with E-state index in [2.05, 4.69) is 4.98 Å². The van der Waals surface area contributed by atoms with Crippen molar-refractivity contribution in [3.8, 4) is 0 Å². The van der Waals surface area contributed by atoms with Gasteiger partial charge in [-0.2, -0.15) is 0 Å². The van der Waals surface area contributed by atoms with Crippen LogP contribution in [0.2, 0.25) is 5.15 Å². The summed E-state index contributed by atoms with van der Waals surface area (Å²) in [5.74, 6) is 0.851. The highest BCUT2D eigenvalue weighted by Crippen LogP contribution is 2.19. The van der Waals surface area contributed by atoms with E-state index in [1.165, 1.54) is 0 Å². The molecule has 1 fully saturated rings. The first-order valence-corrected chi connectivity index (χ1v) is 4.69. The molecule has 1 aromatic rings. The van der Waals surface area contributed by atoms with Crippen LogP contribution in [0.4, 0.5) is 5.82 Å². The summed E-state index contributed by atoms with van der Waals surface area (Å²) in [6.45, 7) is 1.52. The second kappa shape index (κ2) is 3.52. The molecule has 3 nitrogen and oxygen atoms in total. The van der Waals surface area contributed by atoms with Crippen molar-refractivity contribution in [3.63, 3.8) is 0 Å². The van der Waals surface area contributed by atoms with E-state index in [4.69, 9.17) is 11.6 Å². The summed E-state index contributed by atoms with van der Waals surface area (Å²) in [6.07, 6.45) is 0.592. The van der Waals surface area contributed by atoms with Crippen molar-refractivity contribution in [2.45, 2.75) is 12.5 Å².